The highest BCUT2D eigenvalue weighted by atomic mass is 32.2. The number of benzene rings is 2. The normalized spacial score (nSPS) is 12.9. The number of hydrogen-bond donors (Lipinski definition) is 1. The fourth-order valence-electron chi connectivity index (χ4n) is 2.11. The smallest absolute Gasteiger partial charge is 0.319 e. The zero-order valence-corrected chi connectivity index (χ0v) is 15.5. The van der Waals surface area contributed by atoms with Crippen molar-refractivity contribution < 1.29 is 14.3 Å². The van der Waals surface area contributed by atoms with Crippen LogP contribution in [0.2, 0.25) is 0 Å². The molecule has 25 heavy (non-hydrogen) atoms. The lowest BCUT2D eigenvalue weighted by molar-refractivity contribution is -0.154. The van der Waals surface area contributed by atoms with E-state index in [1.807, 2.05) is 61.5 Å². The van der Waals surface area contributed by atoms with Gasteiger partial charge in [0, 0.05) is 11.4 Å². The number of esters is 1. The molecule has 0 fully saturated rings. The number of hydrogen-bond acceptors (Lipinski definition) is 4. The number of rotatable bonds is 7. The van der Waals surface area contributed by atoms with Gasteiger partial charge in [-0.3, -0.25) is 9.59 Å². The van der Waals surface area contributed by atoms with Gasteiger partial charge in [0.25, 0.3) is 5.91 Å². The van der Waals surface area contributed by atoms with E-state index in [4.69, 9.17) is 4.74 Å². The van der Waals surface area contributed by atoms with Crippen LogP contribution < -0.4 is 5.32 Å². The molecular weight excluding hydrogens is 334 g/mol. The van der Waals surface area contributed by atoms with Crippen LogP contribution in [-0.2, 0) is 20.9 Å². The lowest BCUT2D eigenvalue weighted by atomic mass is 10.1. The molecule has 2 rings (SSSR count). The molecule has 2 atom stereocenters. The quantitative estimate of drug-likeness (QED) is 0.606. The molecule has 0 aliphatic heterocycles. The predicted octanol–water partition coefficient (Wildman–Crippen LogP) is 3.72. The van der Waals surface area contributed by atoms with Crippen molar-refractivity contribution in [3.05, 3.63) is 65.7 Å². The molecule has 1 amide bonds. The van der Waals surface area contributed by atoms with E-state index in [2.05, 4.69) is 5.32 Å². The molecule has 2 aromatic carbocycles. The summed E-state index contributed by atoms with van der Waals surface area (Å²) < 4.78 is 5.28. The Morgan fingerprint density at radius 3 is 2.32 bits per heavy atom. The summed E-state index contributed by atoms with van der Waals surface area (Å²) in [7, 11) is 0. The Morgan fingerprint density at radius 1 is 1.04 bits per heavy atom. The van der Waals surface area contributed by atoms with E-state index >= 15 is 0 Å². The molecule has 4 nitrogen and oxygen atoms in total. The van der Waals surface area contributed by atoms with Gasteiger partial charge in [-0.1, -0.05) is 48.0 Å². The van der Waals surface area contributed by atoms with E-state index in [9.17, 15) is 9.59 Å². The molecule has 0 saturated heterocycles. The summed E-state index contributed by atoms with van der Waals surface area (Å²) >= 11 is 1.41. The predicted molar refractivity (Wildman–Crippen MR) is 100 cm³/mol. The summed E-state index contributed by atoms with van der Waals surface area (Å²) in [6, 6.07) is 17.5. The van der Waals surface area contributed by atoms with Crippen LogP contribution in [0.3, 0.4) is 0 Å². The van der Waals surface area contributed by atoms with Crippen molar-refractivity contribution in [3.8, 4) is 0 Å². The topological polar surface area (TPSA) is 55.4 Å². The summed E-state index contributed by atoms with van der Waals surface area (Å²) in [5.74, 6) is -0.697. The van der Waals surface area contributed by atoms with Gasteiger partial charge in [-0.25, -0.2) is 0 Å². The Hall–Kier alpha value is -2.27. The minimum atomic E-state index is -0.822. The van der Waals surface area contributed by atoms with Crippen LogP contribution in [0, 0.1) is 6.92 Å². The van der Waals surface area contributed by atoms with E-state index in [1.165, 1.54) is 17.3 Å². The van der Waals surface area contributed by atoms with Crippen LogP contribution in [0.4, 0.5) is 0 Å². The Bertz CT molecular complexity index is 701. The molecule has 0 radical (unpaired) electrons. The highest BCUT2D eigenvalue weighted by Gasteiger charge is 2.22. The summed E-state index contributed by atoms with van der Waals surface area (Å²) in [5.41, 5.74) is 2.17. The van der Waals surface area contributed by atoms with Crippen molar-refractivity contribution in [2.75, 3.05) is 0 Å². The maximum atomic E-state index is 12.2. The first-order valence-corrected chi connectivity index (χ1v) is 9.09. The number of amides is 1. The summed E-state index contributed by atoms with van der Waals surface area (Å²) in [4.78, 5) is 25.2. The molecule has 0 aliphatic rings. The molecule has 1 N–H and O–H groups in total. The van der Waals surface area contributed by atoms with Gasteiger partial charge in [0.05, 0.1) is 0 Å². The van der Waals surface area contributed by atoms with E-state index in [1.54, 1.807) is 13.8 Å². The second-order valence-electron chi connectivity index (χ2n) is 5.86. The Balaban J connectivity index is 1.79. The zero-order valence-electron chi connectivity index (χ0n) is 14.7. The largest absolute Gasteiger partial charge is 0.452 e. The summed E-state index contributed by atoms with van der Waals surface area (Å²) in [5, 5.41) is 2.41. The summed E-state index contributed by atoms with van der Waals surface area (Å²) in [6.45, 7) is 5.78. The van der Waals surface area contributed by atoms with Crippen LogP contribution in [0.15, 0.2) is 59.5 Å². The zero-order chi connectivity index (χ0) is 18.2. The molecule has 5 heteroatoms. The van der Waals surface area contributed by atoms with Crippen molar-refractivity contribution in [1.82, 2.24) is 5.32 Å². The maximum absolute atomic E-state index is 12.2. The maximum Gasteiger partial charge on any atom is 0.319 e. The van der Waals surface area contributed by atoms with E-state index in [0.717, 1.165) is 10.5 Å². The molecule has 0 saturated carbocycles. The fraction of sp³-hybridized carbons (Fsp3) is 0.300. The molecule has 0 unspecified atom stereocenters. The lowest BCUT2D eigenvalue weighted by Gasteiger charge is -2.16. The van der Waals surface area contributed by atoms with Crippen LogP contribution in [-0.4, -0.2) is 23.2 Å². The number of nitrogens with one attached hydrogen (secondary N) is 1. The molecule has 132 valence electrons. The van der Waals surface area contributed by atoms with Crippen molar-refractivity contribution in [3.63, 3.8) is 0 Å². The monoisotopic (exact) mass is 357 g/mol. The van der Waals surface area contributed by atoms with Crippen molar-refractivity contribution in [2.45, 2.75) is 43.6 Å². The van der Waals surface area contributed by atoms with Gasteiger partial charge in [-0.15, -0.1) is 11.8 Å². The molecule has 2 aromatic rings. The first kappa shape index (κ1) is 19.1. The van der Waals surface area contributed by atoms with Gasteiger partial charge in [0.15, 0.2) is 6.10 Å². The SMILES string of the molecule is Cc1ccc(CNC(=O)[C@@H](C)OC(=O)[C@H](C)Sc2ccccc2)cc1. The highest BCUT2D eigenvalue weighted by molar-refractivity contribution is 8.00. The van der Waals surface area contributed by atoms with Crippen LogP contribution in [0.1, 0.15) is 25.0 Å². The van der Waals surface area contributed by atoms with Gasteiger partial charge >= 0.3 is 5.97 Å². The molecule has 0 heterocycles. The average Bonchev–Trinajstić information content (AvgIpc) is 2.61. The van der Waals surface area contributed by atoms with Gasteiger partial charge in [0.1, 0.15) is 5.25 Å². The highest BCUT2D eigenvalue weighted by Crippen LogP contribution is 2.23. The first-order chi connectivity index (χ1) is 12.0. The molecule has 0 spiro atoms. The third-order valence-corrected chi connectivity index (χ3v) is 4.73. The minimum absolute atomic E-state index is 0.300. The van der Waals surface area contributed by atoms with Crippen LogP contribution in [0.5, 0.6) is 0 Å². The Kier molecular flexibility index (Phi) is 7.07. The number of ether oxygens (including phenoxy) is 1. The van der Waals surface area contributed by atoms with Crippen molar-refractivity contribution in [1.29, 1.82) is 0 Å². The number of carbonyl (C=O) groups is 2. The lowest BCUT2D eigenvalue weighted by Crippen LogP contribution is -2.36. The second kappa shape index (κ2) is 9.28. The van der Waals surface area contributed by atoms with Gasteiger partial charge in [-0.05, 0) is 38.5 Å². The molecule has 0 bridgehead atoms. The Labute approximate surface area is 153 Å². The third kappa shape index (κ3) is 6.27. The molecular formula is C20H23NO3S. The summed E-state index contributed by atoms with van der Waals surface area (Å²) in [6.07, 6.45) is -0.822. The van der Waals surface area contributed by atoms with Crippen molar-refractivity contribution >= 4 is 23.6 Å². The third-order valence-electron chi connectivity index (χ3n) is 3.64. The fourth-order valence-corrected chi connectivity index (χ4v) is 2.99. The van der Waals surface area contributed by atoms with Crippen molar-refractivity contribution in [2.24, 2.45) is 0 Å². The first-order valence-electron chi connectivity index (χ1n) is 8.21. The average molecular weight is 357 g/mol. The number of carbonyl (C=O) groups excluding carboxylic acids is 2. The van der Waals surface area contributed by atoms with Gasteiger partial charge in [-0.2, -0.15) is 0 Å². The minimum Gasteiger partial charge on any atom is -0.452 e. The van der Waals surface area contributed by atoms with E-state index < -0.39 is 12.1 Å². The van der Waals surface area contributed by atoms with E-state index in [0.29, 0.717) is 6.54 Å². The molecule has 0 aromatic heterocycles. The number of thioether (sulfide) groups is 1. The number of aryl methyl sites for hydroxylation is 1. The van der Waals surface area contributed by atoms with E-state index in [-0.39, 0.29) is 11.2 Å². The van der Waals surface area contributed by atoms with Gasteiger partial charge in [0.2, 0.25) is 0 Å². The molecule has 0 aliphatic carbocycles. The van der Waals surface area contributed by atoms with Crippen LogP contribution in [0.25, 0.3) is 0 Å². The standard InChI is InChI=1S/C20H23NO3S/c1-14-9-11-17(12-10-14)13-21-19(22)15(2)24-20(23)16(3)25-18-7-5-4-6-8-18/h4-12,15-16H,13H2,1-3H3,(H,21,22)/t15-,16+/m1/s1. The second-order valence-corrected chi connectivity index (χ2v) is 7.27. The Morgan fingerprint density at radius 2 is 1.68 bits per heavy atom. The van der Waals surface area contributed by atoms with Crippen LogP contribution >= 0.6 is 11.8 Å². The van der Waals surface area contributed by atoms with Gasteiger partial charge < -0.3 is 10.1 Å².